The van der Waals surface area contributed by atoms with Crippen molar-refractivity contribution in [1.82, 2.24) is 25.4 Å². The van der Waals surface area contributed by atoms with Gasteiger partial charge >= 0.3 is 0 Å². The van der Waals surface area contributed by atoms with Crippen LogP contribution in [0.1, 0.15) is 29.3 Å². The minimum absolute atomic E-state index is 0.119. The Morgan fingerprint density at radius 3 is 2.68 bits per heavy atom. The van der Waals surface area contributed by atoms with Crippen LogP contribution in [0.3, 0.4) is 0 Å². The molecule has 0 saturated carbocycles. The highest BCUT2D eigenvalue weighted by Crippen LogP contribution is 2.21. The Hall–Kier alpha value is -3.46. The van der Waals surface area contributed by atoms with Crippen LogP contribution < -0.4 is 15.4 Å². The number of rotatable bonds is 9. The van der Waals surface area contributed by atoms with Crippen LogP contribution in [0.5, 0.6) is 5.75 Å². The highest BCUT2D eigenvalue weighted by molar-refractivity contribution is 7.71. The minimum atomic E-state index is -0.163. The first-order valence-corrected chi connectivity index (χ1v) is 10.4. The second-order valence-corrected chi connectivity index (χ2v) is 7.15. The zero-order valence-corrected chi connectivity index (χ0v) is 18.3. The molecule has 1 aromatic heterocycles. The number of aromatic amines is 1. The Morgan fingerprint density at radius 1 is 1.19 bits per heavy atom. The summed E-state index contributed by atoms with van der Waals surface area (Å²) in [6.07, 6.45) is 0.243. The maximum Gasteiger partial charge on any atom is 0.251 e. The molecular weight excluding hydrogens is 414 g/mol. The van der Waals surface area contributed by atoms with Crippen LogP contribution in [0.2, 0.25) is 0 Å². The van der Waals surface area contributed by atoms with Gasteiger partial charge in [-0.2, -0.15) is 5.10 Å². The molecule has 0 radical (unpaired) electrons. The fraction of sp³-hybridized carbons (Fsp3) is 0.273. The third kappa shape index (κ3) is 5.79. The molecule has 0 aliphatic heterocycles. The van der Waals surface area contributed by atoms with Gasteiger partial charge in [0.05, 0.1) is 6.61 Å². The van der Waals surface area contributed by atoms with Gasteiger partial charge in [-0.1, -0.05) is 12.1 Å². The van der Waals surface area contributed by atoms with E-state index in [0.29, 0.717) is 35.9 Å². The van der Waals surface area contributed by atoms with Crippen molar-refractivity contribution in [3.63, 3.8) is 0 Å². The summed E-state index contributed by atoms with van der Waals surface area (Å²) in [4.78, 5) is 24.1. The zero-order chi connectivity index (χ0) is 22.2. The Bertz CT molecular complexity index is 1100. The van der Waals surface area contributed by atoms with Gasteiger partial charge in [0.25, 0.3) is 5.91 Å². The molecule has 31 heavy (non-hydrogen) atoms. The third-order valence-corrected chi connectivity index (χ3v) is 4.96. The number of hydrogen-bond acceptors (Lipinski definition) is 5. The first kappa shape index (κ1) is 22.2. The van der Waals surface area contributed by atoms with E-state index in [4.69, 9.17) is 17.0 Å². The summed E-state index contributed by atoms with van der Waals surface area (Å²) in [6.45, 7) is 3.26. The number of hydrogen-bond donors (Lipinski definition) is 3. The minimum Gasteiger partial charge on any atom is -0.494 e. The van der Waals surface area contributed by atoms with Crippen LogP contribution in [-0.2, 0) is 17.9 Å². The van der Waals surface area contributed by atoms with Crippen molar-refractivity contribution in [3.8, 4) is 17.1 Å². The summed E-state index contributed by atoms with van der Waals surface area (Å²) >= 11 is 5.33. The second-order valence-electron chi connectivity index (χ2n) is 6.77. The monoisotopic (exact) mass is 439 g/mol. The average Bonchev–Trinajstić information content (AvgIpc) is 3.17. The highest BCUT2D eigenvalue weighted by atomic mass is 32.1. The van der Waals surface area contributed by atoms with Crippen LogP contribution in [0.25, 0.3) is 11.4 Å². The van der Waals surface area contributed by atoms with Crippen molar-refractivity contribution in [3.05, 3.63) is 64.4 Å². The molecule has 2 aromatic carbocycles. The van der Waals surface area contributed by atoms with Gasteiger partial charge in [-0.25, -0.2) is 0 Å². The molecule has 0 bridgehead atoms. The van der Waals surface area contributed by atoms with Crippen LogP contribution in [0.4, 0.5) is 0 Å². The first-order valence-electron chi connectivity index (χ1n) is 9.98. The Balaban J connectivity index is 1.60. The van der Waals surface area contributed by atoms with E-state index in [9.17, 15) is 9.59 Å². The van der Waals surface area contributed by atoms with Crippen molar-refractivity contribution in [2.24, 2.45) is 0 Å². The molecule has 162 valence electrons. The lowest BCUT2D eigenvalue weighted by Gasteiger charge is -2.09. The number of H-pyrrole nitrogens is 1. The van der Waals surface area contributed by atoms with E-state index < -0.39 is 0 Å². The molecule has 8 nitrogen and oxygen atoms in total. The lowest BCUT2D eigenvalue weighted by atomic mass is 10.1. The molecule has 0 atom stereocenters. The molecular formula is C22H25N5O3S. The third-order valence-electron chi connectivity index (χ3n) is 4.65. The number of aromatic nitrogens is 3. The Labute approximate surface area is 185 Å². The lowest BCUT2D eigenvalue weighted by molar-refractivity contribution is -0.121. The highest BCUT2D eigenvalue weighted by Gasteiger charge is 2.11. The summed E-state index contributed by atoms with van der Waals surface area (Å²) in [5, 5.41) is 12.6. The maximum absolute atomic E-state index is 12.4. The molecule has 9 heteroatoms. The average molecular weight is 440 g/mol. The van der Waals surface area contributed by atoms with Gasteiger partial charge in [0, 0.05) is 37.7 Å². The molecule has 0 unspecified atom stereocenters. The van der Waals surface area contributed by atoms with Crippen molar-refractivity contribution < 1.29 is 14.3 Å². The Kier molecular flexibility index (Phi) is 7.55. The predicted molar refractivity (Wildman–Crippen MR) is 120 cm³/mol. The van der Waals surface area contributed by atoms with Crippen molar-refractivity contribution in [2.45, 2.75) is 26.4 Å². The van der Waals surface area contributed by atoms with E-state index in [1.165, 1.54) is 0 Å². The van der Waals surface area contributed by atoms with Gasteiger partial charge in [-0.15, -0.1) is 0 Å². The molecule has 0 fully saturated rings. The SMILES string of the molecule is CCOc1ccc(-c2n[nH]c(=S)n2CCC(=O)NCc2cccc(C(=O)NC)c2)cc1. The van der Waals surface area contributed by atoms with Gasteiger partial charge in [-0.3, -0.25) is 19.3 Å². The smallest absolute Gasteiger partial charge is 0.251 e. The molecule has 2 amide bonds. The molecule has 0 spiro atoms. The molecule has 1 heterocycles. The number of amides is 2. The number of carbonyl (C=O) groups is 2. The molecule has 0 saturated heterocycles. The topological polar surface area (TPSA) is 101 Å². The van der Waals surface area contributed by atoms with Gasteiger partial charge in [0.1, 0.15) is 5.75 Å². The molecule has 0 aliphatic rings. The number of ether oxygens (including phenoxy) is 1. The molecule has 0 aliphatic carbocycles. The van der Waals surface area contributed by atoms with E-state index in [1.807, 2.05) is 37.3 Å². The largest absolute Gasteiger partial charge is 0.494 e. The maximum atomic E-state index is 12.4. The fourth-order valence-electron chi connectivity index (χ4n) is 3.08. The number of nitrogens with zero attached hydrogens (tertiary/aromatic N) is 2. The van der Waals surface area contributed by atoms with Gasteiger partial charge in [0.2, 0.25) is 5.91 Å². The lowest BCUT2D eigenvalue weighted by Crippen LogP contribution is -2.24. The summed E-state index contributed by atoms with van der Waals surface area (Å²) < 4.78 is 7.73. The van der Waals surface area contributed by atoms with E-state index >= 15 is 0 Å². The van der Waals surface area contributed by atoms with E-state index in [2.05, 4.69) is 20.8 Å². The zero-order valence-electron chi connectivity index (χ0n) is 17.5. The summed E-state index contributed by atoms with van der Waals surface area (Å²) in [5.74, 6) is 1.17. The van der Waals surface area contributed by atoms with E-state index in [-0.39, 0.29) is 18.2 Å². The summed E-state index contributed by atoms with van der Waals surface area (Å²) in [7, 11) is 1.58. The molecule has 3 aromatic rings. The van der Waals surface area contributed by atoms with Crippen molar-refractivity contribution >= 4 is 24.0 Å². The van der Waals surface area contributed by atoms with Crippen LogP contribution in [-0.4, -0.2) is 40.2 Å². The van der Waals surface area contributed by atoms with Crippen LogP contribution >= 0.6 is 12.2 Å². The second kappa shape index (κ2) is 10.5. The first-order chi connectivity index (χ1) is 15.0. The quantitative estimate of drug-likeness (QED) is 0.445. The molecule has 3 N–H and O–H groups in total. The Morgan fingerprint density at radius 2 is 1.97 bits per heavy atom. The fourth-order valence-corrected chi connectivity index (χ4v) is 3.31. The van der Waals surface area contributed by atoms with Crippen molar-refractivity contribution in [2.75, 3.05) is 13.7 Å². The standard InChI is InChI=1S/C22H25N5O3S/c1-3-30-18-9-7-16(8-10-18)20-25-26-22(31)27(20)12-11-19(28)24-14-15-5-4-6-17(13-15)21(29)23-2/h4-10,13H,3,11-12,14H2,1-2H3,(H,23,29)(H,24,28)(H,26,31). The predicted octanol–water partition coefficient (Wildman–Crippen LogP) is 3.07. The van der Waals surface area contributed by atoms with E-state index in [1.54, 1.807) is 29.8 Å². The summed E-state index contributed by atoms with van der Waals surface area (Å²) in [5.41, 5.74) is 2.28. The number of nitrogens with one attached hydrogen (secondary N) is 3. The van der Waals surface area contributed by atoms with Crippen LogP contribution in [0, 0.1) is 4.77 Å². The van der Waals surface area contributed by atoms with Gasteiger partial charge in [-0.05, 0) is 61.1 Å². The molecule has 3 rings (SSSR count). The van der Waals surface area contributed by atoms with E-state index in [0.717, 1.165) is 16.9 Å². The van der Waals surface area contributed by atoms with Gasteiger partial charge < -0.3 is 15.4 Å². The van der Waals surface area contributed by atoms with Gasteiger partial charge in [0.15, 0.2) is 10.6 Å². The normalized spacial score (nSPS) is 10.5. The number of benzene rings is 2. The summed E-state index contributed by atoms with van der Waals surface area (Å²) in [6, 6.07) is 14.7. The van der Waals surface area contributed by atoms with Crippen molar-refractivity contribution in [1.29, 1.82) is 0 Å². The van der Waals surface area contributed by atoms with Crippen LogP contribution in [0.15, 0.2) is 48.5 Å². The number of carbonyl (C=O) groups excluding carboxylic acids is 2.